The van der Waals surface area contributed by atoms with Crippen molar-refractivity contribution in [1.29, 1.82) is 0 Å². The summed E-state index contributed by atoms with van der Waals surface area (Å²) in [4.78, 5) is 85.0. The number of aliphatic carboxylic acids is 1. The number of fused-ring (bicyclic) bond motifs is 1. The number of hydrogen-bond donors (Lipinski definition) is 11. The number of ether oxygens (including phenoxy) is 3. The van der Waals surface area contributed by atoms with Crippen molar-refractivity contribution in [3.05, 3.63) is 130 Å². The van der Waals surface area contributed by atoms with Crippen molar-refractivity contribution in [3.8, 4) is 17.2 Å². The van der Waals surface area contributed by atoms with E-state index in [1.807, 2.05) is 48.5 Å². The van der Waals surface area contributed by atoms with Crippen LogP contribution in [-0.2, 0) is 83.6 Å². The number of para-hydroxylation sites is 3. The number of carbonyl (C=O) groups excluding carboxylic acids is 5. The summed E-state index contributed by atoms with van der Waals surface area (Å²) in [5.41, 5.74) is 20.6. The Morgan fingerprint density at radius 3 is 1.29 bits per heavy atom. The Labute approximate surface area is 755 Å². The fourth-order valence-electron chi connectivity index (χ4n) is 7.81. The normalized spacial score (nSPS) is 11.4. The number of nitrogens with zero attached hydrogens (tertiary/aromatic N) is 5. The SMILES string of the molecule is CC(C)(CO)C(=O)O.CCCCC(=O)C(C)(C)COc1cccc2c1C(N)=NS(=O)(=O)C2.CCCN.CCCNC(=O)C(C)(C)CO.NS(=O)(=O)Cl.O=C=NS(=O)(=O)Cl.O=CO.[C-]#[N+]c1c(CS(N)(=O)=O)cccc1OCC(C)(C)C(=O)CCCC.[C-]#[N+]c1c(N)cccc1F.[C-]#[N+]c1c(N)cccc1OCC(C)(C)C(=O)CCCC.[H-].[Na+].[Na+].[OH-]. The average molecular weight is 1820 g/mol. The molecule has 1 amide bonds. The summed E-state index contributed by atoms with van der Waals surface area (Å²) in [6.45, 7) is 49.9. The number of Topliss-reactive ketones (excluding diaryl/α,β-unsaturated/α-hetero) is 3. The Hall–Kier alpha value is -7.31. The number of halogens is 3. The predicted octanol–water partition coefficient (Wildman–Crippen LogP) is 5.39. The van der Waals surface area contributed by atoms with E-state index in [4.69, 9.17) is 92.0 Å². The Kier molecular flexibility index (Phi) is 69.0. The van der Waals surface area contributed by atoms with Gasteiger partial charge in [0.1, 0.15) is 52.9 Å². The van der Waals surface area contributed by atoms with E-state index in [0.29, 0.717) is 65.4 Å². The minimum Gasteiger partial charge on any atom is -1.00 e. The molecule has 4 aromatic carbocycles. The second-order valence-electron chi connectivity index (χ2n) is 28.0. The van der Waals surface area contributed by atoms with Crippen molar-refractivity contribution < 1.29 is 172 Å². The molecule has 0 bridgehead atoms. The van der Waals surface area contributed by atoms with Crippen molar-refractivity contribution in [3.63, 3.8) is 0 Å². The van der Waals surface area contributed by atoms with E-state index in [2.05, 4.69) is 69.0 Å². The number of aliphatic hydroxyl groups is 2. The van der Waals surface area contributed by atoms with Crippen LogP contribution in [0.2, 0.25) is 0 Å². The number of sulfonamides is 2. The van der Waals surface area contributed by atoms with Gasteiger partial charge in [-0.2, -0.15) is 16.8 Å². The van der Waals surface area contributed by atoms with Crippen LogP contribution in [0.25, 0.3) is 14.5 Å². The standard InChI is InChI=1S/2C17H24N2O4S.C16H22N2O2.C8H17NO2.C7H5FN2.C5H10O3.C3H9N.CClNO3S.CH2O2.ClH2NO2S.2Na.H2O.H/c1-4-5-9-14(20)17(2,3)11-23-13-8-6-7-12-10-24(21,22)19-16(18)15(12)13;1-5-6-10-15(20)17(2,3)12-23-14-9-7-8-13(16(14)19-4)11-24(18,21)22;1-5-6-10-14(19)16(2,3)11-20-13-9-7-8-12(17)15(13)18-4;1-4-5-9-7(11)8(2,3)6-10;1-10-7-5(8)3-2-4-6(7)9;1-5(2,3-6)4(7)8;1-2-3-4;2-7(5,6)3-1-4;2-1-3;1-5(2,3)4;;;;/h6-8H,4-5,9-11H2,1-3H3,(H2,18,19);7-9H,5-6,10-12H2,1-3H3,(H2,18,21,22);7-9H,5-6,10-11,17H2,1-3H3;10H,4-6H2,1-3H3,(H,9,11);2-4H,9H2;6H,3H2,1-2H3,(H,7,8);2-4H2,1H3;;1H,(H,2,3);(H2,2,3,4);;;1H2;/q;;;;;;;;;;2*+1;;-1/p-1. The van der Waals surface area contributed by atoms with Gasteiger partial charge >= 0.3 is 74.3 Å². The van der Waals surface area contributed by atoms with E-state index in [1.54, 1.807) is 76.2 Å². The first-order valence-corrected chi connectivity index (χ1v) is 43.5. The number of unbranched alkanes of at least 4 members (excludes halogenated alkanes) is 3. The Morgan fingerprint density at radius 1 is 0.630 bits per heavy atom. The van der Waals surface area contributed by atoms with Crippen molar-refractivity contribution in [2.75, 3.05) is 57.6 Å². The van der Waals surface area contributed by atoms with Gasteiger partial charge in [-0.3, -0.25) is 28.8 Å². The molecule has 35 nitrogen and oxygen atoms in total. The van der Waals surface area contributed by atoms with Crippen LogP contribution in [0.5, 0.6) is 17.2 Å². The maximum atomic E-state index is 12.6. The summed E-state index contributed by atoms with van der Waals surface area (Å²) in [7, 11) is -6.36. The van der Waals surface area contributed by atoms with Gasteiger partial charge in [-0.1, -0.05) is 101 Å². The molecule has 1 aliphatic heterocycles. The maximum Gasteiger partial charge on any atom is 1.00 e. The van der Waals surface area contributed by atoms with E-state index in [0.717, 1.165) is 64.0 Å². The fraction of sp³-hybridized carbons (Fsp3) is 0.533. The summed E-state index contributed by atoms with van der Waals surface area (Å²) in [6, 6.07) is 19.1. The molecule has 18 N–H and O–H groups in total. The minimum absolute atomic E-state index is 0. The number of nitrogen functional groups attached to an aromatic ring is 2. The first-order chi connectivity index (χ1) is 53.4. The van der Waals surface area contributed by atoms with Crippen LogP contribution in [0, 0.1) is 52.6 Å². The van der Waals surface area contributed by atoms with E-state index in [9.17, 15) is 62.0 Å². The second-order valence-corrected chi connectivity index (χ2v) is 35.6. The number of rotatable bonds is 31. The Bertz CT molecular complexity index is 4460. The number of anilines is 2. The van der Waals surface area contributed by atoms with Gasteiger partial charge in [-0.05, 0) is 149 Å². The summed E-state index contributed by atoms with van der Waals surface area (Å²) in [6.07, 6.45) is 9.88. The van der Waals surface area contributed by atoms with Crippen molar-refractivity contribution in [1.82, 2.24) is 5.32 Å². The number of hydrogen-bond acceptors (Lipinski definition) is 25. The molecule has 44 heteroatoms. The third-order valence-corrected chi connectivity index (χ3v) is 17.4. The average Bonchev–Trinajstić information content (AvgIpc) is 0.779. The molecule has 0 unspecified atom stereocenters. The van der Waals surface area contributed by atoms with Gasteiger partial charge in [0, 0.05) is 58.5 Å². The number of nitrogens with one attached hydrogen (secondary N) is 1. The van der Waals surface area contributed by atoms with Crippen molar-refractivity contribution >= 4 is 136 Å². The van der Waals surface area contributed by atoms with Gasteiger partial charge < -0.3 is 69.8 Å². The molecule has 0 saturated carbocycles. The third-order valence-electron chi connectivity index (χ3n) is 15.0. The largest absolute Gasteiger partial charge is 1.00 e. The van der Waals surface area contributed by atoms with Gasteiger partial charge in [0.2, 0.25) is 33.0 Å². The Morgan fingerprint density at radius 2 is 0.983 bits per heavy atom. The van der Waals surface area contributed by atoms with Gasteiger partial charge in [-0.15, -0.1) is 4.40 Å². The summed E-state index contributed by atoms with van der Waals surface area (Å²) >= 11 is 0. The molecule has 4 aromatic rings. The number of primary sulfonamides is 1. The Balaban J connectivity index is -0.000000172. The van der Waals surface area contributed by atoms with Crippen LogP contribution >= 0.6 is 21.4 Å². The first-order valence-electron chi connectivity index (χ1n) is 35.5. The molecule has 0 aromatic heterocycles. The minimum atomic E-state index is -4.00. The van der Waals surface area contributed by atoms with Crippen LogP contribution in [0.15, 0.2) is 81.6 Å². The van der Waals surface area contributed by atoms with Crippen LogP contribution in [0.3, 0.4) is 0 Å². The third kappa shape index (κ3) is 59.1. The second kappa shape index (κ2) is 64.5. The maximum absolute atomic E-state index is 12.6. The molecule has 0 atom stereocenters. The van der Waals surface area contributed by atoms with E-state index < -0.39 is 83.1 Å². The zero-order valence-corrected chi connectivity index (χ0v) is 79.5. The molecule has 119 heavy (non-hydrogen) atoms. The fourth-order valence-corrected chi connectivity index (χ4v) is 9.74. The van der Waals surface area contributed by atoms with Gasteiger partial charge in [0.25, 0.3) is 31.8 Å². The molecule has 1 aliphatic rings. The molecule has 0 spiro atoms. The number of carboxylic acids is 1. The summed E-state index contributed by atoms with van der Waals surface area (Å²) < 4.78 is 119. The van der Waals surface area contributed by atoms with Gasteiger partial charge in [-0.25, -0.2) is 50.8 Å². The number of isocyanates is 1. The molecule has 0 radical (unpaired) electrons. The number of carbonyl (C=O) groups is 6. The number of carboxylic acid groups (broad SMARTS) is 2. The molecule has 662 valence electrons. The number of aliphatic hydroxyl groups excluding tert-OH is 2. The van der Waals surface area contributed by atoms with Gasteiger partial charge in [0.15, 0.2) is 0 Å². The molecule has 1 heterocycles. The van der Waals surface area contributed by atoms with Crippen LogP contribution in [0.1, 0.15) is 193 Å². The number of amidine groups is 1. The van der Waals surface area contributed by atoms with Crippen molar-refractivity contribution in [2.45, 2.75) is 186 Å². The number of ketones is 3. The quantitative estimate of drug-likeness (QED) is 0.00572. The van der Waals surface area contributed by atoms with E-state index in [-0.39, 0.29) is 163 Å². The zero-order valence-electron chi connectivity index (χ0n) is 71.7. The van der Waals surface area contributed by atoms with E-state index in [1.165, 1.54) is 38.1 Å². The molecular weight excluding hydrogens is 1700 g/mol. The molecular formula is C75H117Cl2FN12Na2O23S4. The monoisotopic (exact) mass is 1820 g/mol. The molecule has 0 saturated heterocycles. The van der Waals surface area contributed by atoms with Crippen LogP contribution in [-0.4, -0.2) is 153 Å². The smallest absolute Gasteiger partial charge is 1.00 e. The topological polar surface area (TPSA) is 601 Å². The van der Waals surface area contributed by atoms with Crippen molar-refractivity contribution in [2.24, 2.45) is 57.6 Å². The molecule has 5 rings (SSSR count). The van der Waals surface area contributed by atoms with E-state index >= 15 is 0 Å². The summed E-state index contributed by atoms with van der Waals surface area (Å²) in [5, 5.41) is 44.2. The molecule has 0 fully saturated rings. The summed E-state index contributed by atoms with van der Waals surface area (Å²) in [5.74, 6) is -0.696. The van der Waals surface area contributed by atoms with Crippen LogP contribution < -0.4 is 112 Å². The van der Waals surface area contributed by atoms with Crippen LogP contribution in [0.4, 0.5) is 32.8 Å². The number of amides is 1. The zero-order chi connectivity index (χ0) is 91.3. The number of nitrogens with two attached hydrogens (primary N) is 6. The number of benzene rings is 4. The predicted molar refractivity (Wildman–Crippen MR) is 451 cm³/mol. The first kappa shape index (κ1) is 127. The van der Waals surface area contributed by atoms with Gasteiger partial charge in [0.05, 0.1) is 90.3 Å². The molecule has 0 aliphatic carbocycles.